The van der Waals surface area contributed by atoms with E-state index >= 15 is 0 Å². The fourth-order valence-electron chi connectivity index (χ4n) is 2.53. The van der Waals surface area contributed by atoms with Crippen molar-refractivity contribution in [3.63, 3.8) is 0 Å². The number of likely N-dealkylation sites (N-methyl/N-ethyl adjacent to an activating group) is 2. The van der Waals surface area contributed by atoms with Crippen LogP contribution in [0.15, 0.2) is 10.8 Å². The van der Waals surface area contributed by atoms with Crippen LogP contribution in [0, 0.1) is 0 Å². The Hall–Kier alpha value is -0.390. The Labute approximate surface area is 121 Å². The van der Waals surface area contributed by atoms with Crippen LogP contribution in [0.25, 0.3) is 0 Å². The van der Waals surface area contributed by atoms with Crippen LogP contribution in [0.1, 0.15) is 19.8 Å². The summed E-state index contributed by atoms with van der Waals surface area (Å²) in [6.07, 6.45) is 4.05. The van der Waals surface area contributed by atoms with Crippen molar-refractivity contribution in [2.75, 3.05) is 31.6 Å². The van der Waals surface area contributed by atoms with E-state index in [1.807, 2.05) is 0 Å². The number of likely N-dealkylation sites (tertiary alicyclic amines) is 1. The van der Waals surface area contributed by atoms with Gasteiger partial charge in [0.25, 0.3) is 0 Å². The smallest absolute Gasteiger partial charge is 0.148 e. The summed E-state index contributed by atoms with van der Waals surface area (Å²) in [5.74, 6) is 0.859. The van der Waals surface area contributed by atoms with Gasteiger partial charge in [-0.25, -0.2) is 9.97 Å². The molecule has 1 aliphatic heterocycles. The molecule has 0 radical (unpaired) electrons. The largest absolute Gasteiger partial charge is 0.357 e. The van der Waals surface area contributed by atoms with Gasteiger partial charge in [-0.3, -0.25) is 4.90 Å². The molecular formula is C12H18BrClN4. The van der Waals surface area contributed by atoms with E-state index in [-0.39, 0.29) is 0 Å². The van der Waals surface area contributed by atoms with Crippen LogP contribution in [0.2, 0.25) is 5.15 Å². The Kier molecular flexibility index (Phi) is 4.81. The maximum absolute atomic E-state index is 6.00. The van der Waals surface area contributed by atoms with Crippen LogP contribution in [0.5, 0.6) is 0 Å². The molecule has 6 heteroatoms. The third-order valence-corrected chi connectivity index (χ3v) is 4.73. The zero-order valence-electron chi connectivity index (χ0n) is 10.7. The Morgan fingerprint density at radius 1 is 1.56 bits per heavy atom. The summed E-state index contributed by atoms with van der Waals surface area (Å²) in [6, 6.07) is 0.612. The molecule has 0 saturated carbocycles. The normalized spacial score (nSPS) is 20.3. The Balaban J connectivity index is 2.07. The van der Waals surface area contributed by atoms with Crippen molar-refractivity contribution in [2.24, 2.45) is 0 Å². The molecule has 2 rings (SSSR count). The molecule has 0 N–H and O–H groups in total. The molecule has 1 unspecified atom stereocenters. The van der Waals surface area contributed by atoms with E-state index in [4.69, 9.17) is 11.6 Å². The molecule has 0 aromatic carbocycles. The number of rotatable bonds is 4. The highest BCUT2D eigenvalue weighted by Crippen LogP contribution is 2.29. The molecule has 100 valence electrons. The molecule has 4 nitrogen and oxygen atoms in total. The number of halogens is 2. The molecule has 1 fully saturated rings. The average molecular weight is 334 g/mol. The minimum absolute atomic E-state index is 0.464. The van der Waals surface area contributed by atoms with Crippen molar-refractivity contribution in [3.8, 4) is 0 Å². The van der Waals surface area contributed by atoms with Gasteiger partial charge in [-0.15, -0.1) is 0 Å². The highest BCUT2D eigenvalue weighted by atomic mass is 79.9. The second-order valence-electron chi connectivity index (χ2n) is 4.61. The number of anilines is 1. The first-order chi connectivity index (χ1) is 8.63. The minimum Gasteiger partial charge on any atom is -0.357 e. The van der Waals surface area contributed by atoms with Gasteiger partial charge in [0, 0.05) is 19.6 Å². The molecule has 1 atom stereocenters. The fourth-order valence-corrected chi connectivity index (χ4v) is 3.16. The second-order valence-corrected chi connectivity index (χ2v) is 5.76. The molecule has 1 aromatic heterocycles. The van der Waals surface area contributed by atoms with E-state index in [0.29, 0.717) is 11.2 Å². The summed E-state index contributed by atoms with van der Waals surface area (Å²) in [5, 5.41) is 0.464. The molecular weight excluding hydrogens is 316 g/mol. The quantitative estimate of drug-likeness (QED) is 0.793. The fraction of sp³-hybridized carbons (Fsp3) is 0.667. The average Bonchev–Trinajstić information content (AvgIpc) is 2.79. The zero-order valence-corrected chi connectivity index (χ0v) is 13.1. The van der Waals surface area contributed by atoms with Crippen molar-refractivity contribution in [1.29, 1.82) is 0 Å². The van der Waals surface area contributed by atoms with Gasteiger partial charge in [-0.05, 0) is 41.9 Å². The van der Waals surface area contributed by atoms with E-state index < -0.39 is 0 Å². The number of hydrogen-bond acceptors (Lipinski definition) is 4. The topological polar surface area (TPSA) is 32.3 Å². The molecule has 2 heterocycles. The van der Waals surface area contributed by atoms with Crippen molar-refractivity contribution < 1.29 is 0 Å². The van der Waals surface area contributed by atoms with Gasteiger partial charge in [0.15, 0.2) is 0 Å². The van der Waals surface area contributed by atoms with Gasteiger partial charge >= 0.3 is 0 Å². The van der Waals surface area contributed by atoms with Crippen molar-refractivity contribution in [2.45, 2.75) is 25.8 Å². The lowest BCUT2D eigenvalue weighted by atomic mass is 10.2. The maximum atomic E-state index is 6.00. The monoisotopic (exact) mass is 332 g/mol. The van der Waals surface area contributed by atoms with Gasteiger partial charge in [-0.2, -0.15) is 0 Å². The minimum atomic E-state index is 0.464. The Morgan fingerprint density at radius 2 is 2.33 bits per heavy atom. The van der Waals surface area contributed by atoms with Crippen LogP contribution in [0.3, 0.4) is 0 Å². The van der Waals surface area contributed by atoms with Crippen molar-refractivity contribution in [3.05, 3.63) is 16.0 Å². The van der Waals surface area contributed by atoms with E-state index in [0.717, 1.165) is 23.4 Å². The third kappa shape index (κ3) is 2.95. The molecule has 0 spiro atoms. The van der Waals surface area contributed by atoms with Gasteiger partial charge in [0.1, 0.15) is 17.3 Å². The van der Waals surface area contributed by atoms with Crippen LogP contribution in [-0.4, -0.2) is 47.6 Å². The van der Waals surface area contributed by atoms with E-state index in [9.17, 15) is 0 Å². The van der Waals surface area contributed by atoms with Crippen molar-refractivity contribution >= 4 is 33.3 Å². The van der Waals surface area contributed by atoms with E-state index in [1.54, 1.807) is 0 Å². The summed E-state index contributed by atoms with van der Waals surface area (Å²) >= 11 is 9.45. The predicted molar refractivity (Wildman–Crippen MR) is 78.3 cm³/mol. The highest BCUT2D eigenvalue weighted by Gasteiger charge is 2.25. The standard InChI is InChI=1S/C12H18BrClN4/c1-3-18-6-4-5-9(18)7-17(2)12-10(13)11(14)15-8-16-12/h8-9H,3-7H2,1-2H3. The SMILES string of the molecule is CCN1CCCC1CN(C)c1ncnc(Cl)c1Br. The Bertz CT molecular complexity index is 415. The number of aromatic nitrogens is 2. The first-order valence-electron chi connectivity index (χ1n) is 6.24. The van der Waals surface area contributed by atoms with Gasteiger partial charge in [0.2, 0.25) is 0 Å². The number of nitrogens with zero attached hydrogens (tertiary/aromatic N) is 4. The number of hydrogen-bond donors (Lipinski definition) is 0. The van der Waals surface area contributed by atoms with Gasteiger partial charge < -0.3 is 4.90 Å². The molecule has 0 bridgehead atoms. The second kappa shape index (κ2) is 6.17. The van der Waals surface area contributed by atoms with Gasteiger partial charge in [0.05, 0.1) is 4.47 Å². The third-order valence-electron chi connectivity index (χ3n) is 3.48. The van der Waals surface area contributed by atoms with Crippen LogP contribution < -0.4 is 4.90 Å². The molecule has 0 amide bonds. The zero-order chi connectivity index (χ0) is 13.1. The van der Waals surface area contributed by atoms with Crippen molar-refractivity contribution in [1.82, 2.24) is 14.9 Å². The highest BCUT2D eigenvalue weighted by molar-refractivity contribution is 9.10. The lowest BCUT2D eigenvalue weighted by molar-refractivity contribution is 0.270. The van der Waals surface area contributed by atoms with Crippen LogP contribution in [-0.2, 0) is 0 Å². The molecule has 1 saturated heterocycles. The van der Waals surface area contributed by atoms with Crippen LogP contribution in [0.4, 0.5) is 5.82 Å². The van der Waals surface area contributed by atoms with Gasteiger partial charge in [-0.1, -0.05) is 18.5 Å². The van der Waals surface area contributed by atoms with Crippen LogP contribution >= 0.6 is 27.5 Å². The Morgan fingerprint density at radius 3 is 3.06 bits per heavy atom. The lowest BCUT2D eigenvalue weighted by Crippen LogP contribution is -2.39. The molecule has 1 aromatic rings. The summed E-state index contributed by atoms with van der Waals surface area (Å²) in [6.45, 7) is 5.51. The lowest BCUT2D eigenvalue weighted by Gasteiger charge is -2.28. The molecule has 1 aliphatic rings. The van der Waals surface area contributed by atoms with E-state index in [2.05, 4.69) is 49.7 Å². The summed E-state index contributed by atoms with van der Waals surface area (Å²) in [5.41, 5.74) is 0. The first kappa shape index (κ1) is 14.0. The summed E-state index contributed by atoms with van der Waals surface area (Å²) < 4.78 is 0.773. The summed E-state index contributed by atoms with van der Waals surface area (Å²) in [4.78, 5) is 12.9. The maximum Gasteiger partial charge on any atom is 0.148 e. The molecule has 18 heavy (non-hydrogen) atoms. The predicted octanol–water partition coefficient (Wildman–Crippen LogP) is 2.81. The van der Waals surface area contributed by atoms with E-state index in [1.165, 1.54) is 25.7 Å². The first-order valence-corrected chi connectivity index (χ1v) is 7.41. The molecule has 0 aliphatic carbocycles. The summed E-state index contributed by atoms with van der Waals surface area (Å²) in [7, 11) is 2.05.